The predicted molar refractivity (Wildman–Crippen MR) is 89.0 cm³/mol. The first kappa shape index (κ1) is 16.3. The molecule has 2 saturated heterocycles. The lowest BCUT2D eigenvalue weighted by molar-refractivity contribution is -0.141. The van der Waals surface area contributed by atoms with E-state index < -0.39 is 11.9 Å². The van der Waals surface area contributed by atoms with E-state index in [4.69, 9.17) is 5.11 Å². The molecule has 0 radical (unpaired) electrons. The number of amides is 2. The molecule has 2 heterocycles. The van der Waals surface area contributed by atoms with Crippen molar-refractivity contribution in [2.75, 3.05) is 42.5 Å². The maximum Gasteiger partial charge on any atom is 0.308 e. The molecule has 2 aliphatic heterocycles. The highest BCUT2D eigenvalue weighted by Crippen LogP contribution is 2.34. The fraction of sp³-hybridized carbons (Fsp3) is 0.471. The zero-order chi connectivity index (χ0) is 17.3. The molecule has 0 saturated carbocycles. The first-order valence-electron chi connectivity index (χ1n) is 8.10. The number of piperazine rings is 1. The van der Waals surface area contributed by atoms with Crippen LogP contribution in [0.2, 0.25) is 0 Å². The summed E-state index contributed by atoms with van der Waals surface area (Å²) in [4.78, 5) is 40.4. The van der Waals surface area contributed by atoms with Crippen LogP contribution in [0.15, 0.2) is 24.3 Å². The molecule has 1 atom stereocenters. The number of rotatable bonds is 3. The van der Waals surface area contributed by atoms with Crippen molar-refractivity contribution in [3.8, 4) is 0 Å². The maximum atomic E-state index is 12.3. The Kier molecular flexibility index (Phi) is 4.42. The number of anilines is 2. The number of carbonyl (C=O) groups excluding carboxylic acids is 2. The van der Waals surface area contributed by atoms with Crippen LogP contribution in [0.4, 0.5) is 11.4 Å². The minimum atomic E-state index is -0.932. The minimum absolute atomic E-state index is 0.0434. The molecule has 1 aromatic carbocycles. The molecule has 2 aliphatic rings. The van der Waals surface area contributed by atoms with Gasteiger partial charge in [0.15, 0.2) is 0 Å². The van der Waals surface area contributed by atoms with Gasteiger partial charge in [-0.15, -0.1) is 0 Å². The van der Waals surface area contributed by atoms with Gasteiger partial charge in [0, 0.05) is 46.1 Å². The van der Waals surface area contributed by atoms with Gasteiger partial charge in [-0.1, -0.05) is 12.1 Å². The van der Waals surface area contributed by atoms with Crippen LogP contribution in [-0.2, 0) is 14.4 Å². The van der Waals surface area contributed by atoms with E-state index in [1.807, 2.05) is 24.3 Å². The van der Waals surface area contributed by atoms with Crippen LogP contribution in [0.1, 0.15) is 13.3 Å². The van der Waals surface area contributed by atoms with E-state index in [0.717, 1.165) is 11.4 Å². The van der Waals surface area contributed by atoms with Crippen molar-refractivity contribution < 1.29 is 19.5 Å². The fourth-order valence-corrected chi connectivity index (χ4v) is 3.33. The SMILES string of the molecule is CC(=O)N1CCN(c2ccccc2N2CC(C(=O)O)CC2=O)CC1. The highest BCUT2D eigenvalue weighted by molar-refractivity contribution is 6.01. The molecule has 2 amide bonds. The second-order valence-electron chi connectivity index (χ2n) is 6.23. The molecule has 0 aromatic heterocycles. The maximum absolute atomic E-state index is 12.3. The van der Waals surface area contributed by atoms with Crippen LogP contribution < -0.4 is 9.80 Å². The molecule has 0 bridgehead atoms. The number of carbonyl (C=O) groups is 3. The molecule has 128 valence electrons. The molecule has 2 fully saturated rings. The average Bonchev–Trinajstić information content (AvgIpc) is 2.97. The number of para-hydroxylation sites is 2. The summed E-state index contributed by atoms with van der Waals surface area (Å²) < 4.78 is 0. The predicted octanol–water partition coefficient (Wildman–Crippen LogP) is 0.793. The standard InChI is InChI=1S/C17H21N3O4/c1-12(21)18-6-8-19(9-7-18)14-4-2-3-5-15(14)20-11-13(17(23)24)10-16(20)22/h2-5,13H,6-11H2,1H3,(H,23,24). The Morgan fingerprint density at radius 1 is 1.08 bits per heavy atom. The lowest BCUT2D eigenvalue weighted by Gasteiger charge is -2.37. The van der Waals surface area contributed by atoms with Crippen LogP contribution in [0.3, 0.4) is 0 Å². The van der Waals surface area contributed by atoms with Gasteiger partial charge in [0.1, 0.15) is 0 Å². The molecule has 0 spiro atoms. The minimum Gasteiger partial charge on any atom is -0.481 e. The fourth-order valence-electron chi connectivity index (χ4n) is 3.33. The van der Waals surface area contributed by atoms with E-state index in [9.17, 15) is 14.4 Å². The normalized spacial score (nSPS) is 21.3. The van der Waals surface area contributed by atoms with Crippen LogP contribution in [0.25, 0.3) is 0 Å². The van der Waals surface area contributed by atoms with Crippen molar-refractivity contribution in [3.05, 3.63) is 24.3 Å². The number of carboxylic acids is 1. The average molecular weight is 331 g/mol. The Morgan fingerprint density at radius 3 is 2.25 bits per heavy atom. The summed E-state index contributed by atoms with van der Waals surface area (Å²) in [5, 5.41) is 9.17. The first-order chi connectivity index (χ1) is 11.5. The largest absolute Gasteiger partial charge is 0.481 e. The van der Waals surface area contributed by atoms with Gasteiger partial charge >= 0.3 is 5.97 Å². The second kappa shape index (κ2) is 6.51. The lowest BCUT2D eigenvalue weighted by Crippen LogP contribution is -2.48. The van der Waals surface area contributed by atoms with Gasteiger partial charge in [-0.2, -0.15) is 0 Å². The molecule has 1 unspecified atom stereocenters. The van der Waals surface area contributed by atoms with Gasteiger partial charge in [0.2, 0.25) is 11.8 Å². The van der Waals surface area contributed by atoms with E-state index in [1.54, 1.807) is 16.7 Å². The summed E-state index contributed by atoms with van der Waals surface area (Å²) in [7, 11) is 0. The molecule has 24 heavy (non-hydrogen) atoms. The monoisotopic (exact) mass is 331 g/mol. The van der Waals surface area contributed by atoms with Gasteiger partial charge in [-0.05, 0) is 12.1 Å². The summed E-state index contributed by atoms with van der Waals surface area (Å²) in [6.07, 6.45) is 0.0434. The van der Waals surface area contributed by atoms with E-state index in [-0.39, 0.29) is 24.8 Å². The number of hydrogen-bond donors (Lipinski definition) is 1. The molecule has 0 aliphatic carbocycles. The molecule has 1 aromatic rings. The molecular weight excluding hydrogens is 310 g/mol. The van der Waals surface area contributed by atoms with Gasteiger partial charge < -0.3 is 19.8 Å². The smallest absolute Gasteiger partial charge is 0.308 e. The third-order valence-electron chi connectivity index (χ3n) is 4.71. The summed E-state index contributed by atoms with van der Waals surface area (Å²) in [6.45, 7) is 4.46. The van der Waals surface area contributed by atoms with Crippen molar-refractivity contribution >= 4 is 29.2 Å². The number of aliphatic carboxylic acids is 1. The van der Waals surface area contributed by atoms with Crippen molar-refractivity contribution in [2.24, 2.45) is 5.92 Å². The van der Waals surface area contributed by atoms with Crippen LogP contribution >= 0.6 is 0 Å². The lowest BCUT2D eigenvalue weighted by atomic mass is 10.1. The van der Waals surface area contributed by atoms with Gasteiger partial charge in [-0.25, -0.2) is 0 Å². The Bertz CT molecular complexity index is 668. The van der Waals surface area contributed by atoms with E-state index >= 15 is 0 Å². The molecule has 3 rings (SSSR count). The third kappa shape index (κ3) is 3.06. The van der Waals surface area contributed by atoms with Crippen molar-refractivity contribution in [1.82, 2.24) is 4.90 Å². The second-order valence-corrected chi connectivity index (χ2v) is 6.23. The Balaban J connectivity index is 1.81. The highest BCUT2D eigenvalue weighted by atomic mass is 16.4. The van der Waals surface area contributed by atoms with Gasteiger partial charge in [-0.3, -0.25) is 14.4 Å². The van der Waals surface area contributed by atoms with Crippen LogP contribution in [-0.4, -0.2) is 60.5 Å². The van der Waals surface area contributed by atoms with Crippen molar-refractivity contribution in [3.63, 3.8) is 0 Å². The summed E-state index contributed by atoms with van der Waals surface area (Å²) >= 11 is 0. The molecule has 7 nitrogen and oxygen atoms in total. The third-order valence-corrected chi connectivity index (χ3v) is 4.71. The van der Waals surface area contributed by atoms with Crippen LogP contribution in [0.5, 0.6) is 0 Å². The number of benzene rings is 1. The van der Waals surface area contributed by atoms with Gasteiger partial charge in [0.05, 0.1) is 17.3 Å². The number of hydrogen-bond acceptors (Lipinski definition) is 4. The van der Waals surface area contributed by atoms with Gasteiger partial charge in [0.25, 0.3) is 0 Å². The molecule has 1 N–H and O–H groups in total. The number of nitrogens with zero attached hydrogens (tertiary/aromatic N) is 3. The highest BCUT2D eigenvalue weighted by Gasteiger charge is 2.36. The Hall–Kier alpha value is -2.57. The summed E-state index contributed by atoms with van der Waals surface area (Å²) in [5.74, 6) is -1.67. The van der Waals surface area contributed by atoms with Crippen LogP contribution in [0, 0.1) is 5.92 Å². The Morgan fingerprint density at radius 2 is 1.71 bits per heavy atom. The van der Waals surface area contributed by atoms with Crippen molar-refractivity contribution in [1.29, 1.82) is 0 Å². The molecule has 7 heteroatoms. The zero-order valence-corrected chi connectivity index (χ0v) is 13.6. The summed E-state index contributed by atoms with van der Waals surface area (Å²) in [6, 6.07) is 7.56. The first-order valence-corrected chi connectivity index (χ1v) is 8.10. The number of carboxylic acid groups (broad SMARTS) is 1. The topological polar surface area (TPSA) is 81.2 Å². The Labute approximate surface area is 140 Å². The zero-order valence-electron chi connectivity index (χ0n) is 13.6. The molecular formula is C17H21N3O4. The summed E-state index contributed by atoms with van der Waals surface area (Å²) in [5.41, 5.74) is 1.67. The van der Waals surface area contributed by atoms with E-state index in [2.05, 4.69) is 4.90 Å². The van der Waals surface area contributed by atoms with E-state index in [0.29, 0.717) is 26.2 Å². The quantitative estimate of drug-likeness (QED) is 0.886. The van der Waals surface area contributed by atoms with E-state index in [1.165, 1.54) is 0 Å². The van der Waals surface area contributed by atoms with Crippen molar-refractivity contribution in [2.45, 2.75) is 13.3 Å².